The van der Waals surface area contributed by atoms with Crippen LogP contribution >= 0.6 is 11.8 Å². The zero-order valence-electron chi connectivity index (χ0n) is 10.1. The Labute approximate surface area is 102 Å². The number of amides is 1. The van der Waals surface area contributed by atoms with Crippen molar-refractivity contribution >= 4 is 17.7 Å². The summed E-state index contributed by atoms with van der Waals surface area (Å²) in [7, 11) is 0. The number of hydrogen-bond donors (Lipinski definition) is 1. The predicted molar refractivity (Wildman–Crippen MR) is 69.5 cm³/mol. The van der Waals surface area contributed by atoms with Crippen molar-refractivity contribution in [1.29, 1.82) is 0 Å². The van der Waals surface area contributed by atoms with E-state index in [-0.39, 0.29) is 5.91 Å². The molecule has 0 aromatic heterocycles. The first-order valence-corrected chi connectivity index (χ1v) is 6.74. The first kappa shape index (κ1) is 13.1. The number of nitrogens with one attached hydrogen (secondary N) is 1. The van der Waals surface area contributed by atoms with E-state index in [4.69, 9.17) is 0 Å². The lowest BCUT2D eigenvalue weighted by atomic mass is 10.1. The van der Waals surface area contributed by atoms with Crippen LogP contribution in [-0.2, 0) is 11.3 Å². The van der Waals surface area contributed by atoms with Gasteiger partial charge in [-0.1, -0.05) is 32.0 Å². The molecule has 0 unspecified atom stereocenters. The van der Waals surface area contributed by atoms with Crippen molar-refractivity contribution in [3.8, 4) is 0 Å². The smallest absolute Gasteiger partial charge is 0.220 e. The van der Waals surface area contributed by atoms with Crippen molar-refractivity contribution in [3.05, 3.63) is 29.8 Å². The molecule has 1 aromatic rings. The fraction of sp³-hybridized carbons (Fsp3) is 0.462. The summed E-state index contributed by atoms with van der Waals surface area (Å²) in [6, 6.07) is 8.16. The van der Waals surface area contributed by atoms with Crippen LogP contribution in [0.15, 0.2) is 29.2 Å². The standard InChI is InChI=1S/C13H19NOS/c1-10(2)8-13(15)14-9-11-6-4-5-7-12(11)16-3/h4-7,10H,8-9H2,1-3H3,(H,14,15). The average Bonchev–Trinajstić information content (AvgIpc) is 2.26. The van der Waals surface area contributed by atoms with Crippen molar-refractivity contribution < 1.29 is 4.79 Å². The third-order valence-electron chi connectivity index (χ3n) is 2.26. The van der Waals surface area contributed by atoms with E-state index < -0.39 is 0 Å². The molecule has 1 N–H and O–H groups in total. The van der Waals surface area contributed by atoms with Gasteiger partial charge in [-0.3, -0.25) is 4.79 Å². The number of carbonyl (C=O) groups excluding carboxylic acids is 1. The van der Waals surface area contributed by atoms with E-state index in [2.05, 4.69) is 37.6 Å². The first-order chi connectivity index (χ1) is 7.63. The number of hydrogen-bond acceptors (Lipinski definition) is 2. The molecule has 0 bridgehead atoms. The van der Waals surface area contributed by atoms with Crippen molar-refractivity contribution in [2.24, 2.45) is 5.92 Å². The van der Waals surface area contributed by atoms with Gasteiger partial charge in [0.2, 0.25) is 5.91 Å². The zero-order valence-corrected chi connectivity index (χ0v) is 10.9. The van der Waals surface area contributed by atoms with Crippen LogP contribution in [-0.4, -0.2) is 12.2 Å². The Bertz CT molecular complexity index is 350. The summed E-state index contributed by atoms with van der Waals surface area (Å²) in [5, 5.41) is 2.95. The van der Waals surface area contributed by atoms with E-state index >= 15 is 0 Å². The molecular weight excluding hydrogens is 218 g/mol. The largest absolute Gasteiger partial charge is 0.352 e. The normalized spacial score (nSPS) is 10.5. The van der Waals surface area contributed by atoms with Crippen LogP contribution in [0.5, 0.6) is 0 Å². The summed E-state index contributed by atoms with van der Waals surface area (Å²) >= 11 is 1.71. The lowest BCUT2D eigenvalue weighted by Crippen LogP contribution is -2.24. The maximum Gasteiger partial charge on any atom is 0.220 e. The number of rotatable bonds is 5. The van der Waals surface area contributed by atoms with Crippen LogP contribution in [0, 0.1) is 5.92 Å². The quantitative estimate of drug-likeness (QED) is 0.797. The molecule has 0 aliphatic heterocycles. The molecule has 0 fully saturated rings. The van der Waals surface area contributed by atoms with Crippen LogP contribution in [0.3, 0.4) is 0 Å². The molecule has 0 spiro atoms. The molecule has 88 valence electrons. The average molecular weight is 237 g/mol. The highest BCUT2D eigenvalue weighted by Crippen LogP contribution is 2.19. The summed E-state index contributed by atoms with van der Waals surface area (Å²) in [6.07, 6.45) is 2.65. The van der Waals surface area contributed by atoms with Crippen molar-refractivity contribution in [1.82, 2.24) is 5.32 Å². The molecule has 0 saturated heterocycles. The van der Waals surface area contributed by atoms with E-state index in [0.717, 1.165) is 0 Å². The van der Waals surface area contributed by atoms with Gasteiger partial charge in [0.05, 0.1) is 0 Å². The predicted octanol–water partition coefficient (Wildman–Crippen LogP) is 3.07. The minimum atomic E-state index is 0.130. The van der Waals surface area contributed by atoms with Gasteiger partial charge in [0, 0.05) is 17.9 Å². The van der Waals surface area contributed by atoms with E-state index in [0.29, 0.717) is 18.9 Å². The van der Waals surface area contributed by atoms with Crippen LogP contribution in [0.1, 0.15) is 25.8 Å². The fourth-order valence-electron chi connectivity index (χ4n) is 1.49. The van der Waals surface area contributed by atoms with Gasteiger partial charge in [-0.2, -0.15) is 0 Å². The highest BCUT2D eigenvalue weighted by atomic mass is 32.2. The van der Waals surface area contributed by atoms with E-state index in [1.807, 2.05) is 12.1 Å². The van der Waals surface area contributed by atoms with Crippen molar-refractivity contribution in [3.63, 3.8) is 0 Å². The third-order valence-corrected chi connectivity index (χ3v) is 3.10. The van der Waals surface area contributed by atoms with Gasteiger partial charge in [-0.25, -0.2) is 0 Å². The Morgan fingerprint density at radius 3 is 2.69 bits per heavy atom. The van der Waals surface area contributed by atoms with Crippen LogP contribution < -0.4 is 5.32 Å². The monoisotopic (exact) mass is 237 g/mol. The minimum Gasteiger partial charge on any atom is -0.352 e. The Hall–Kier alpha value is -0.960. The lowest BCUT2D eigenvalue weighted by Gasteiger charge is -2.09. The summed E-state index contributed by atoms with van der Waals surface area (Å²) in [5.74, 6) is 0.543. The molecule has 0 aliphatic rings. The van der Waals surface area contributed by atoms with Crippen LogP contribution in [0.2, 0.25) is 0 Å². The summed E-state index contributed by atoms with van der Waals surface area (Å²) in [4.78, 5) is 12.7. The maximum atomic E-state index is 11.5. The molecule has 0 radical (unpaired) electrons. The van der Waals surface area contributed by atoms with E-state index in [1.165, 1.54) is 10.5 Å². The Morgan fingerprint density at radius 2 is 2.06 bits per heavy atom. The van der Waals surface area contributed by atoms with Gasteiger partial charge in [-0.05, 0) is 23.8 Å². The van der Waals surface area contributed by atoms with Gasteiger partial charge in [0.25, 0.3) is 0 Å². The third kappa shape index (κ3) is 4.27. The highest BCUT2D eigenvalue weighted by Gasteiger charge is 2.05. The Morgan fingerprint density at radius 1 is 1.38 bits per heavy atom. The molecule has 1 amide bonds. The lowest BCUT2D eigenvalue weighted by molar-refractivity contribution is -0.121. The van der Waals surface area contributed by atoms with Gasteiger partial charge in [0.1, 0.15) is 0 Å². The van der Waals surface area contributed by atoms with Crippen molar-refractivity contribution in [2.45, 2.75) is 31.7 Å². The fourth-order valence-corrected chi connectivity index (χ4v) is 2.10. The highest BCUT2D eigenvalue weighted by molar-refractivity contribution is 7.98. The molecule has 16 heavy (non-hydrogen) atoms. The zero-order chi connectivity index (χ0) is 12.0. The number of carbonyl (C=O) groups is 1. The second-order valence-corrected chi connectivity index (χ2v) is 5.03. The number of benzene rings is 1. The molecule has 0 atom stereocenters. The molecule has 1 aromatic carbocycles. The molecular formula is C13H19NOS. The summed E-state index contributed by atoms with van der Waals surface area (Å²) in [5.41, 5.74) is 1.19. The van der Waals surface area contributed by atoms with Gasteiger partial charge in [0.15, 0.2) is 0 Å². The van der Waals surface area contributed by atoms with Crippen LogP contribution in [0.4, 0.5) is 0 Å². The molecule has 0 saturated carbocycles. The van der Waals surface area contributed by atoms with Crippen LogP contribution in [0.25, 0.3) is 0 Å². The molecule has 3 heteroatoms. The second-order valence-electron chi connectivity index (χ2n) is 4.19. The molecule has 2 nitrogen and oxygen atoms in total. The minimum absolute atomic E-state index is 0.130. The van der Waals surface area contributed by atoms with Gasteiger partial charge in [-0.15, -0.1) is 11.8 Å². The SMILES string of the molecule is CSc1ccccc1CNC(=O)CC(C)C. The Kier molecular flexibility index (Phi) is 5.39. The summed E-state index contributed by atoms with van der Waals surface area (Å²) < 4.78 is 0. The van der Waals surface area contributed by atoms with Gasteiger partial charge < -0.3 is 5.32 Å². The maximum absolute atomic E-state index is 11.5. The molecule has 0 heterocycles. The van der Waals surface area contributed by atoms with E-state index in [1.54, 1.807) is 11.8 Å². The molecule has 1 rings (SSSR count). The first-order valence-electron chi connectivity index (χ1n) is 5.52. The Balaban J connectivity index is 2.51. The van der Waals surface area contributed by atoms with Gasteiger partial charge >= 0.3 is 0 Å². The second kappa shape index (κ2) is 6.59. The van der Waals surface area contributed by atoms with Crippen molar-refractivity contribution in [2.75, 3.05) is 6.26 Å². The summed E-state index contributed by atoms with van der Waals surface area (Å²) in [6.45, 7) is 4.73. The van der Waals surface area contributed by atoms with E-state index in [9.17, 15) is 4.79 Å². The number of thioether (sulfide) groups is 1. The molecule has 0 aliphatic carbocycles. The topological polar surface area (TPSA) is 29.1 Å².